The summed E-state index contributed by atoms with van der Waals surface area (Å²) in [5, 5.41) is 13.4. The fourth-order valence-corrected chi connectivity index (χ4v) is 5.19. The van der Waals surface area contributed by atoms with Crippen LogP contribution in [0.25, 0.3) is 0 Å². The maximum Gasteiger partial charge on any atom is 0.228 e. The molecule has 0 spiro atoms. The molecule has 2 fully saturated rings. The van der Waals surface area contributed by atoms with Crippen molar-refractivity contribution in [2.75, 3.05) is 13.1 Å². The van der Waals surface area contributed by atoms with E-state index in [1.54, 1.807) is 11.3 Å². The van der Waals surface area contributed by atoms with Crippen LogP contribution in [0.15, 0.2) is 54.6 Å². The molecular weight excluding hydrogens is 440 g/mol. The number of hydrogen-bond acceptors (Lipinski definition) is 5. The van der Waals surface area contributed by atoms with Crippen molar-refractivity contribution in [1.29, 1.82) is 5.26 Å². The van der Waals surface area contributed by atoms with E-state index < -0.39 is 11.0 Å². The Bertz CT molecular complexity index is 1070. The quantitative estimate of drug-likeness (QED) is 0.570. The van der Waals surface area contributed by atoms with Crippen molar-refractivity contribution in [2.24, 2.45) is 11.1 Å². The Morgan fingerprint density at radius 1 is 1.06 bits per heavy atom. The zero-order valence-corrected chi connectivity index (χ0v) is 20.0. The Kier molecular flexibility index (Phi) is 7.72. The van der Waals surface area contributed by atoms with Gasteiger partial charge < -0.3 is 20.7 Å². The van der Waals surface area contributed by atoms with Gasteiger partial charge in [-0.1, -0.05) is 49.6 Å². The third-order valence-electron chi connectivity index (χ3n) is 7.34. The van der Waals surface area contributed by atoms with Gasteiger partial charge in [0.25, 0.3) is 0 Å². The number of rotatable bonds is 9. The summed E-state index contributed by atoms with van der Waals surface area (Å²) in [6.45, 7) is 1.34. The molecule has 1 heterocycles. The molecule has 1 unspecified atom stereocenters. The van der Waals surface area contributed by atoms with Crippen molar-refractivity contribution in [3.05, 3.63) is 66.6 Å². The van der Waals surface area contributed by atoms with Crippen LogP contribution < -0.4 is 15.8 Å². The molecule has 1 saturated heterocycles. The Morgan fingerprint density at radius 3 is 2.46 bits per heavy atom. The van der Waals surface area contributed by atoms with Crippen molar-refractivity contribution in [1.82, 2.24) is 10.2 Å². The lowest BCUT2D eigenvalue weighted by molar-refractivity contribution is -0.134. The SMILES string of the molecule is N#CC1(N(Cc2cccc(Oc3ccccc3)c2)C(=O)[CH]CC2(C(N)=O)CCCCC2)CCNC1. The van der Waals surface area contributed by atoms with E-state index in [1.165, 1.54) is 0 Å². The van der Waals surface area contributed by atoms with Gasteiger partial charge in [-0.3, -0.25) is 9.59 Å². The molecule has 4 rings (SSSR count). The summed E-state index contributed by atoms with van der Waals surface area (Å²) in [6.07, 6.45) is 6.81. The van der Waals surface area contributed by atoms with Crippen LogP contribution in [0.2, 0.25) is 0 Å². The van der Waals surface area contributed by atoms with E-state index >= 15 is 0 Å². The number of nitrogens with two attached hydrogens (primary N) is 1. The molecular formula is C28H33N4O3. The van der Waals surface area contributed by atoms with Crippen LogP contribution in [-0.2, 0) is 16.1 Å². The van der Waals surface area contributed by atoms with Gasteiger partial charge in [-0.2, -0.15) is 5.26 Å². The van der Waals surface area contributed by atoms with Crippen LogP contribution in [0.1, 0.15) is 50.5 Å². The summed E-state index contributed by atoms with van der Waals surface area (Å²) in [5.41, 5.74) is 5.03. The molecule has 0 bridgehead atoms. The summed E-state index contributed by atoms with van der Waals surface area (Å²) < 4.78 is 5.96. The fourth-order valence-electron chi connectivity index (χ4n) is 5.19. The largest absolute Gasteiger partial charge is 0.457 e. The first kappa shape index (κ1) is 24.7. The number of benzene rings is 2. The van der Waals surface area contributed by atoms with Gasteiger partial charge in [0.2, 0.25) is 11.8 Å². The summed E-state index contributed by atoms with van der Waals surface area (Å²) in [7, 11) is 0. The number of carbonyl (C=O) groups excluding carboxylic acids is 2. The highest BCUT2D eigenvalue weighted by Crippen LogP contribution is 2.40. The lowest BCUT2D eigenvalue weighted by atomic mass is 9.70. The average Bonchev–Trinajstić information content (AvgIpc) is 3.37. The molecule has 2 aliphatic rings. The number of nitrogens with zero attached hydrogens (tertiary/aromatic N) is 2. The number of para-hydroxylation sites is 1. The minimum absolute atomic E-state index is 0.240. The van der Waals surface area contributed by atoms with Gasteiger partial charge in [0, 0.05) is 18.5 Å². The lowest BCUT2D eigenvalue weighted by Gasteiger charge is -2.38. The van der Waals surface area contributed by atoms with Crippen molar-refractivity contribution >= 4 is 11.8 Å². The van der Waals surface area contributed by atoms with Crippen LogP contribution in [0, 0.1) is 23.2 Å². The summed E-state index contributed by atoms with van der Waals surface area (Å²) >= 11 is 0. The van der Waals surface area contributed by atoms with Gasteiger partial charge in [0.15, 0.2) is 0 Å². The molecule has 7 nitrogen and oxygen atoms in total. The van der Waals surface area contributed by atoms with E-state index in [0.717, 1.165) is 30.6 Å². The first-order valence-corrected chi connectivity index (χ1v) is 12.3. The smallest absolute Gasteiger partial charge is 0.228 e. The molecule has 1 aliphatic heterocycles. The van der Waals surface area contributed by atoms with Gasteiger partial charge in [-0.15, -0.1) is 0 Å². The van der Waals surface area contributed by atoms with Crippen molar-refractivity contribution < 1.29 is 14.3 Å². The van der Waals surface area contributed by atoms with E-state index in [2.05, 4.69) is 11.4 Å². The predicted octanol–water partition coefficient (Wildman–Crippen LogP) is 4.09. The second kappa shape index (κ2) is 10.9. The Hall–Kier alpha value is -3.37. The number of nitrogens with one attached hydrogen (secondary N) is 1. The highest BCUT2D eigenvalue weighted by atomic mass is 16.5. The van der Waals surface area contributed by atoms with Gasteiger partial charge in [0.05, 0.1) is 12.5 Å². The summed E-state index contributed by atoms with van der Waals surface area (Å²) in [6, 6.07) is 19.5. The van der Waals surface area contributed by atoms with E-state index in [9.17, 15) is 14.9 Å². The molecule has 35 heavy (non-hydrogen) atoms. The Balaban J connectivity index is 1.54. The third-order valence-corrected chi connectivity index (χ3v) is 7.34. The predicted molar refractivity (Wildman–Crippen MR) is 133 cm³/mol. The molecule has 1 radical (unpaired) electrons. The summed E-state index contributed by atoms with van der Waals surface area (Å²) in [4.78, 5) is 27.5. The number of nitriles is 1. The second-order valence-corrected chi connectivity index (χ2v) is 9.67. The number of hydrogen-bond donors (Lipinski definition) is 2. The zero-order chi connectivity index (χ0) is 24.7. The van der Waals surface area contributed by atoms with E-state index in [0.29, 0.717) is 44.5 Å². The molecule has 183 valence electrons. The standard InChI is InChI=1S/C28H33N4O3/c29-20-28(16-17-31-21-28)32(25(33)12-15-27(26(30)34)13-5-2-6-14-27)19-22-8-7-11-24(18-22)35-23-9-3-1-4-10-23/h1,3-4,7-12,18,31H,2,5-6,13-17,19,21H2,(H2,30,34). The minimum atomic E-state index is -0.948. The monoisotopic (exact) mass is 473 g/mol. The highest BCUT2D eigenvalue weighted by molar-refractivity contribution is 5.88. The molecule has 7 heteroatoms. The van der Waals surface area contributed by atoms with Gasteiger partial charge >= 0.3 is 0 Å². The normalized spacial score (nSPS) is 21.1. The van der Waals surface area contributed by atoms with Crippen LogP contribution >= 0.6 is 0 Å². The molecule has 1 aliphatic carbocycles. The van der Waals surface area contributed by atoms with Crippen molar-refractivity contribution in [2.45, 2.75) is 57.0 Å². The fraction of sp³-hybridized carbons (Fsp3) is 0.429. The van der Waals surface area contributed by atoms with Gasteiger partial charge in [0.1, 0.15) is 17.0 Å². The maximum atomic E-state index is 13.6. The number of amides is 2. The lowest BCUT2D eigenvalue weighted by Crippen LogP contribution is -2.52. The van der Waals surface area contributed by atoms with Crippen LogP contribution in [0.5, 0.6) is 11.5 Å². The van der Waals surface area contributed by atoms with E-state index in [1.807, 2.05) is 54.6 Å². The summed E-state index contributed by atoms with van der Waals surface area (Å²) in [5.74, 6) is 0.811. The maximum absolute atomic E-state index is 13.6. The van der Waals surface area contributed by atoms with Crippen LogP contribution in [0.3, 0.4) is 0 Å². The molecule has 3 N–H and O–H groups in total. The molecule has 0 aromatic heterocycles. The van der Waals surface area contributed by atoms with Crippen LogP contribution in [-0.4, -0.2) is 35.3 Å². The number of primary amides is 1. The molecule has 2 amide bonds. The minimum Gasteiger partial charge on any atom is -0.457 e. The number of ether oxygens (including phenoxy) is 1. The molecule has 2 aromatic carbocycles. The molecule has 2 aromatic rings. The van der Waals surface area contributed by atoms with Crippen molar-refractivity contribution in [3.8, 4) is 17.6 Å². The van der Waals surface area contributed by atoms with E-state index in [-0.39, 0.29) is 18.4 Å². The number of carbonyl (C=O) groups is 2. The third kappa shape index (κ3) is 5.66. The highest BCUT2D eigenvalue weighted by Gasteiger charge is 2.44. The second-order valence-electron chi connectivity index (χ2n) is 9.67. The molecule has 1 saturated carbocycles. The van der Waals surface area contributed by atoms with Gasteiger partial charge in [-0.25, -0.2) is 0 Å². The topological polar surface area (TPSA) is 108 Å². The Morgan fingerprint density at radius 2 is 1.80 bits per heavy atom. The first-order valence-electron chi connectivity index (χ1n) is 12.3. The van der Waals surface area contributed by atoms with Crippen molar-refractivity contribution in [3.63, 3.8) is 0 Å². The Labute approximate surface area is 207 Å². The van der Waals surface area contributed by atoms with Gasteiger partial charge in [-0.05, 0) is 62.1 Å². The molecule has 1 atom stereocenters. The average molecular weight is 474 g/mol. The first-order chi connectivity index (χ1) is 17.0. The van der Waals surface area contributed by atoms with Crippen LogP contribution in [0.4, 0.5) is 0 Å². The van der Waals surface area contributed by atoms with E-state index in [4.69, 9.17) is 10.5 Å². The zero-order valence-electron chi connectivity index (χ0n) is 20.0.